The lowest BCUT2D eigenvalue weighted by molar-refractivity contribution is -0.139. The Morgan fingerprint density at radius 2 is 1.69 bits per heavy atom. The minimum atomic E-state index is -0.740. The number of nitrogens with one attached hydrogen (secondary N) is 1. The average molecular weight is 507 g/mol. The fourth-order valence-electron chi connectivity index (χ4n) is 4.01. The van der Waals surface area contributed by atoms with Gasteiger partial charge in [-0.2, -0.15) is 0 Å². The molecule has 0 aromatic heterocycles. The summed E-state index contributed by atoms with van der Waals surface area (Å²) in [4.78, 5) is 28.5. The summed E-state index contributed by atoms with van der Waals surface area (Å²) in [6.07, 6.45) is 2.18. The van der Waals surface area contributed by atoms with Gasteiger partial charge in [-0.15, -0.1) is 11.8 Å². The van der Waals surface area contributed by atoms with Crippen LogP contribution in [0.25, 0.3) is 0 Å². The van der Waals surface area contributed by atoms with E-state index < -0.39 is 6.04 Å². The van der Waals surface area contributed by atoms with Crippen LogP contribution >= 0.6 is 11.8 Å². The molecule has 0 fully saturated rings. The van der Waals surface area contributed by atoms with E-state index in [1.807, 2.05) is 55.5 Å². The summed E-state index contributed by atoms with van der Waals surface area (Å²) in [6, 6.07) is 23.5. The highest BCUT2D eigenvalue weighted by atomic mass is 32.2. The van der Waals surface area contributed by atoms with Crippen LogP contribution in [0.1, 0.15) is 42.0 Å². The standard InChI is InChI=1S/C30H35FN2O2S/c1-3-4-17-32-30(35)28(19-24-12-6-5-7-13-24)33(20-26-15-8-9-16-27(26)31)29(34)22-36-21-25-14-10-11-23(2)18-25/h5-16,18,28H,3-4,17,19-22H2,1-2H3,(H,32,35)/t28-/m1/s1. The molecule has 4 nitrogen and oxygen atoms in total. The second kappa shape index (κ2) is 14.4. The molecule has 0 aliphatic carbocycles. The quantitative estimate of drug-likeness (QED) is 0.293. The van der Waals surface area contributed by atoms with E-state index in [0.717, 1.165) is 24.0 Å². The highest BCUT2D eigenvalue weighted by Gasteiger charge is 2.30. The van der Waals surface area contributed by atoms with Gasteiger partial charge in [0.2, 0.25) is 11.8 Å². The van der Waals surface area contributed by atoms with Crippen LogP contribution < -0.4 is 5.32 Å². The summed E-state index contributed by atoms with van der Waals surface area (Å²) in [6.45, 7) is 4.69. The van der Waals surface area contributed by atoms with Gasteiger partial charge in [-0.1, -0.05) is 91.7 Å². The van der Waals surface area contributed by atoms with Gasteiger partial charge in [0.05, 0.1) is 5.75 Å². The van der Waals surface area contributed by atoms with Crippen LogP contribution in [0.5, 0.6) is 0 Å². The number of carbonyl (C=O) groups excluding carboxylic acids is 2. The first-order chi connectivity index (χ1) is 17.5. The fraction of sp³-hybridized carbons (Fsp3) is 0.333. The van der Waals surface area contributed by atoms with Crippen molar-refractivity contribution in [2.75, 3.05) is 12.3 Å². The Labute approximate surface area is 218 Å². The van der Waals surface area contributed by atoms with E-state index in [0.29, 0.717) is 24.3 Å². The molecule has 3 aromatic rings. The number of benzene rings is 3. The summed E-state index contributed by atoms with van der Waals surface area (Å²) < 4.78 is 14.6. The Balaban J connectivity index is 1.84. The lowest BCUT2D eigenvalue weighted by Gasteiger charge is -2.31. The number of nitrogens with zero attached hydrogens (tertiary/aromatic N) is 1. The third kappa shape index (κ3) is 8.52. The molecule has 3 aromatic carbocycles. The zero-order chi connectivity index (χ0) is 25.8. The van der Waals surface area contributed by atoms with E-state index in [9.17, 15) is 14.0 Å². The van der Waals surface area contributed by atoms with Crippen molar-refractivity contribution in [2.24, 2.45) is 0 Å². The zero-order valence-corrected chi connectivity index (χ0v) is 21.9. The SMILES string of the molecule is CCCCNC(=O)[C@@H](Cc1ccccc1)N(Cc1ccccc1F)C(=O)CSCc1cccc(C)c1. The largest absolute Gasteiger partial charge is 0.354 e. The number of rotatable bonds is 13. The molecule has 0 heterocycles. The number of unbranched alkanes of at least 4 members (excludes halogenated alkanes) is 1. The van der Waals surface area contributed by atoms with Crippen molar-refractivity contribution in [3.05, 3.63) is 107 Å². The lowest BCUT2D eigenvalue weighted by atomic mass is 10.0. The maximum Gasteiger partial charge on any atom is 0.243 e. The van der Waals surface area contributed by atoms with Crippen molar-refractivity contribution in [3.8, 4) is 0 Å². The van der Waals surface area contributed by atoms with Crippen LogP contribution in [0.4, 0.5) is 4.39 Å². The molecule has 6 heteroatoms. The third-order valence-electron chi connectivity index (χ3n) is 5.98. The topological polar surface area (TPSA) is 49.4 Å². The van der Waals surface area contributed by atoms with Crippen molar-refractivity contribution in [2.45, 2.75) is 51.4 Å². The minimum absolute atomic E-state index is 0.0369. The number of aryl methyl sites for hydroxylation is 1. The molecule has 36 heavy (non-hydrogen) atoms. The molecular weight excluding hydrogens is 471 g/mol. The van der Waals surface area contributed by atoms with Crippen molar-refractivity contribution >= 4 is 23.6 Å². The number of amides is 2. The Kier molecular flexibility index (Phi) is 11.0. The van der Waals surface area contributed by atoms with Crippen molar-refractivity contribution in [1.29, 1.82) is 0 Å². The predicted molar refractivity (Wildman–Crippen MR) is 146 cm³/mol. The van der Waals surface area contributed by atoms with Gasteiger partial charge in [-0.05, 0) is 30.5 Å². The molecule has 0 spiro atoms. The molecule has 2 amide bonds. The lowest BCUT2D eigenvalue weighted by Crippen LogP contribution is -2.51. The zero-order valence-electron chi connectivity index (χ0n) is 21.1. The Hall–Kier alpha value is -3.12. The van der Waals surface area contributed by atoms with Crippen LogP contribution in [0.3, 0.4) is 0 Å². The highest BCUT2D eigenvalue weighted by Crippen LogP contribution is 2.20. The average Bonchev–Trinajstić information content (AvgIpc) is 2.88. The summed E-state index contributed by atoms with van der Waals surface area (Å²) >= 11 is 1.51. The number of hydrogen-bond acceptors (Lipinski definition) is 3. The maximum atomic E-state index is 14.6. The number of carbonyl (C=O) groups is 2. The van der Waals surface area contributed by atoms with E-state index in [4.69, 9.17) is 0 Å². The molecule has 0 aliphatic rings. The first-order valence-electron chi connectivity index (χ1n) is 12.5. The Morgan fingerprint density at radius 3 is 2.42 bits per heavy atom. The predicted octanol–water partition coefficient (Wildman–Crippen LogP) is 5.92. The van der Waals surface area contributed by atoms with Crippen LogP contribution in [0.2, 0.25) is 0 Å². The van der Waals surface area contributed by atoms with Crippen LogP contribution in [-0.2, 0) is 28.3 Å². The molecule has 0 bridgehead atoms. The van der Waals surface area contributed by atoms with Crippen LogP contribution in [0, 0.1) is 12.7 Å². The summed E-state index contributed by atoms with van der Waals surface area (Å²) in [5.41, 5.74) is 3.67. The number of thioether (sulfide) groups is 1. The molecular formula is C30H35FN2O2S. The van der Waals surface area contributed by atoms with E-state index >= 15 is 0 Å². The first kappa shape index (κ1) is 27.5. The van der Waals surface area contributed by atoms with Gasteiger partial charge >= 0.3 is 0 Å². The molecule has 3 rings (SSSR count). The molecule has 0 aliphatic heterocycles. The summed E-state index contributed by atoms with van der Waals surface area (Å²) in [7, 11) is 0. The van der Waals surface area contributed by atoms with Gasteiger partial charge < -0.3 is 10.2 Å². The molecule has 1 N–H and O–H groups in total. The van der Waals surface area contributed by atoms with E-state index in [1.54, 1.807) is 23.1 Å². The smallest absolute Gasteiger partial charge is 0.243 e. The Morgan fingerprint density at radius 1 is 0.972 bits per heavy atom. The summed E-state index contributed by atoms with van der Waals surface area (Å²) in [5, 5.41) is 2.99. The van der Waals surface area contributed by atoms with Crippen LogP contribution in [0.15, 0.2) is 78.9 Å². The molecule has 0 unspecified atom stereocenters. The normalized spacial score (nSPS) is 11.6. The number of hydrogen-bond donors (Lipinski definition) is 1. The molecule has 190 valence electrons. The second-order valence-corrected chi connectivity index (χ2v) is 9.93. The fourth-order valence-corrected chi connectivity index (χ4v) is 4.87. The first-order valence-corrected chi connectivity index (χ1v) is 13.6. The van der Waals surface area contributed by atoms with Crippen molar-refractivity contribution in [3.63, 3.8) is 0 Å². The van der Waals surface area contributed by atoms with Crippen molar-refractivity contribution in [1.82, 2.24) is 10.2 Å². The minimum Gasteiger partial charge on any atom is -0.354 e. The van der Waals surface area contributed by atoms with E-state index in [1.165, 1.54) is 23.4 Å². The van der Waals surface area contributed by atoms with Gasteiger partial charge in [0, 0.05) is 30.8 Å². The van der Waals surface area contributed by atoms with E-state index in [-0.39, 0.29) is 29.9 Å². The molecule has 0 saturated carbocycles. The maximum absolute atomic E-state index is 14.6. The molecule has 1 atom stereocenters. The van der Waals surface area contributed by atoms with Gasteiger partial charge in [0.15, 0.2) is 0 Å². The van der Waals surface area contributed by atoms with Gasteiger partial charge in [0.1, 0.15) is 11.9 Å². The monoisotopic (exact) mass is 506 g/mol. The second-order valence-electron chi connectivity index (χ2n) is 8.95. The van der Waals surface area contributed by atoms with Crippen molar-refractivity contribution < 1.29 is 14.0 Å². The van der Waals surface area contributed by atoms with E-state index in [2.05, 4.69) is 18.3 Å². The Bertz CT molecular complexity index is 1120. The summed E-state index contributed by atoms with van der Waals surface area (Å²) in [5.74, 6) is 0.124. The van der Waals surface area contributed by atoms with Gasteiger partial charge in [-0.3, -0.25) is 9.59 Å². The molecule has 0 radical (unpaired) electrons. The van der Waals surface area contributed by atoms with Gasteiger partial charge in [0.25, 0.3) is 0 Å². The van der Waals surface area contributed by atoms with Gasteiger partial charge in [-0.25, -0.2) is 4.39 Å². The third-order valence-corrected chi connectivity index (χ3v) is 6.96. The highest BCUT2D eigenvalue weighted by molar-refractivity contribution is 7.99. The molecule has 0 saturated heterocycles. The number of halogens is 1. The van der Waals surface area contributed by atoms with Crippen LogP contribution in [-0.4, -0.2) is 35.1 Å².